The Morgan fingerprint density at radius 1 is 0.769 bits per heavy atom. The highest BCUT2D eigenvalue weighted by Gasteiger charge is 2.22. The van der Waals surface area contributed by atoms with Crippen LogP contribution in [0.3, 0.4) is 0 Å². The molecule has 0 bridgehead atoms. The fourth-order valence-corrected chi connectivity index (χ4v) is 2.76. The summed E-state index contributed by atoms with van der Waals surface area (Å²) in [5.74, 6) is -1.81. The van der Waals surface area contributed by atoms with Crippen molar-refractivity contribution >= 4 is 32.2 Å². The SMILES string of the molecule is CC(=O)OCc1c(OS(C)(=O)=O)ccc(OS(C)(=O)=O)c1COC(C)=O. The van der Waals surface area contributed by atoms with Gasteiger partial charge in [-0.15, -0.1) is 0 Å². The van der Waals surface area contributed by atoms with Crippen LogP contribution in [0.25, 0.3) is 0 Å². The summed E-state index contributed by atoms with van der Waals surface area (Å²) in [6.07, 6.45) is 1.60. The van der Waals surface area contributed by atoms with Crippen molar-refractivity contribution in [3.8, 4) is 11.5 Å². The molecule has 10 nitrogen and oxygen atoms in total. The van der Waals surface area contributed by atoms with Gasteiger partial charge in [-0.2, -0.15) is 16.8 Å². The lowest BCUT2D eigenvalue weighted by atomic mass is 10.1. The normalized spacial score (nSPS) is 11.5. The molecule has 0 heterocycles. The number of hydrogen-bond acceptors (Lipinski definition) is 10. The molecule has 0 aliphatic rings. The van der Waals surface area contributed by atoms with Crippen molar-refractivity contribution in [2.45, 2.75) is 27.1 Å². The van der Waals surface area contributed by atoms with Gasteiger partial charge in [0.1, 0.15) is 24.7 Å². The van der Waals surface area contributed by atoms with Crippen LogP contribution in [-0.2, 0) is 52.5 Å². The summed E-state index contributed by atoms with van der Waals surface area (Å²) in [6.45, 7) is 1.33. The Morgan fingerprint density at radius 3 is 1.31 bits per heavy atom. The Kier molecular flexibility index (Phi) is 6.98. The Bertz CT molecular complexity index is 825. The molecule has 0 radical (unpaired) electrons. The fraction of sp³-hybridized carbons (Fsp3) is 0.429. The average Bonchev–Trinajstić information content (AvgIpc) is 2.42. The summed E-state index contributed by atoms with van der Waals surface area (Å²) in [5.41, 5.74) is -0.0407. The predicted octanol–water partition coefficient (Wildman–Crippen LogP) is 0.490. The van der Waals surface area contributed by atoms with E-state index in [-0.39, 0.29) is 22.6 Å². The van der Waals surface area contributed by atoms with Gasteiger partial charge in [0.05, 0.1) is 12.5 Å². The van der Waals surface area contributed by atoms with E-state index in [0.29, 0.717) is 0 Å². The van der Waals surface area contributed by atoms with Crippen molar-refractivity contribution < 1.29 is 44.3 Å². The predicted molar refractivity (Wildman–Crippen MR) is 88.3 cm³/mol. The van der Waals surface area contributed by atoms with Crippen LogP contribution in [-0.4, -0.2) is 41.3 Å². The van der Waals surface area contributed by atoms with E-state index < -0.39 is 45.4 Å². The maximum absolute atomic E-state index is 11.4. The number of esters is 2. The van der Waals surface area contributed by atoms with Crippen molar-refractivity contribution in [3.05, 3.63) is 23.3 Å². The van der Waals surface area contributed by atoms with Gasteiger partial charge in [0, 0.05) is 25.0 Å². The largest absolute Gasteiger partial charge is 0.461 e. The van der Waals surface area contributed by atoms with Crippen molar-refractivity contribution in [1.29, 1.82) is 0 Å². The van der Waals surface area contributed by atoms with Gasteiger partial charge in [0.25, 0.3) is 0 Å². The number of benzene rings is 1. The second-order valence-corrected chi connectivity index (χ2v) is 8.30. The second-order valence-electron chi connectivity index (χ2n) is 5.15. The fourth-order valence-electron chi connectivity index (χ4n) is 1.80. The third-order valence-corrected chi connectivity index (χ3v) is 3.63. The van der Waals surface area contributed by atoms with Crippen molar-refractivity contribution in [3.63, 3.8) is 0 Å². The van der Waals surface area contributed by atoms with Gasteiger partial charge in [0.2, 0.25) is 0 Å². The molecule has 0 atom stereocenters. The molecule has 0 aromatic heterocycles. The molecule has 0 aliphatic heterocycles. The zero-order valence-corrected chi connectivity index (χ0v) is 16.1. The first-order valence-electron chi connectivity index (χ1n) is 6.99. The monoisotopic (exact) mass is 410 g/mol. The Balaban J connectivity index is 3.54. The smallest absolute Gasteiger partial charge is 0.306 e. The van der Waals surface area contributed by atoms with Crippen LogP contribution >= 0.6 is 0 Å². The summed E-state index contributed by atoms with van der Waals surface area (Å²) in [5, 5.41) is 0. The van der Waals surface area contributed by atoms with Gasteiger partial charge >= 0.3 is 32.2 Å². The number of rotatable bonds is 8. The quantitative estimate of drug-likeness (QED) is 0.439. The maximum Gasteiger partial charge on any atom is 0.306 e. The molecule has 0 spiro atoms. The molecule has 0 fully saturated rings. The molecule has 0 N–H and O–H groups in total. The first-order valence-corrected chi connectivity index (χ1v) is 10.6. The van der Waals surface area contributed by atoms with Crippen LogP contribution in [0.1, 0.15) is 25.0 Å². The lowest BCUT2D eigenvalue weighted by Crippen LogP contribution is -2.14. The topological polar surface area (TPSA) is 139 Å². The minimum Gasteiger partial charge on any atom is -0.461 e. The van der Waals surface area contributed by atoms with Gasteiger partial charge in [-0.3, -0.25) is 9.59 Å². The average molecular weight is 410 g/mol. The molecule has 1 aromatic carbocycles. The summed E-state index contributed by atoms with van der Waals surface area (Å²) in [4.78, 5) is 22.2. The van der Waals surface area contributed by atoms with E-state index in [1.54, 1.807) is 0 Å². The zero-order valence-electron chi connectivity index (χ0n) is 14.5. The first kappa shape index (κ1) is 21.7. The van der Waals surface area contributed by atoms with E-state index in [9.17, 15) is 26.4 Å². The standard InChI is InChI=1S/C14H18O10S2/c1-9(15)21-7-11-12(8-22-10(2)16)14(24-26(4,19)20)6-5-13(11)23-25(3,17)18/h5-6H,7-8H2,1-4H3. The molecule has 146 valence electrons. The van der Waals surface area contributed by atoms with E-state index in [2.05, 4.69) is 0 Å². The Labute approximate surface area is 151 Å². The number of carbonyl (C=O) groups is 2. The summed E-state index contributed by atoms with van der Waals surface area (Å²) in [6, 6.07) is 2.27. The molecule has 12 heteroatoms. The second kappa shape index (κ2) is 8.36. The highest BCUT2D eigenvalue weighted by atomic mass is 32.2. The maximum atomic E-state index is 11.4. The van der Waals surface area contributed by atoms with Crippen molar-refractivity contribution in [1.82, 2.24) is 0 Å². The highest BCUT2D eigenvalue weighted by Crippen LogP contribution is 2.33. The summed E-state index contributed by atoms with van der Waals surface area (Å²) >= 11 is 0. The van der Waals surface area contributed by atoms with Crippen LogP contribution in [0, 0.1) is 0 Å². The minimum atomic E-state index is -3.94. The minimum absolute atomic E-state index is 0.0203. The molecular weight excluding hydrogens is 392 g/mol. The molecule has 0 saturated heterocycles. The third-order valence-electron chi connectivity index (χ3n) is 2.67. The Morgan fingerprint density at radius 2 is 1.08 bits per heavy atom. The van der Waals surface area contributed by atoms with Crippen LogP contribution < -0.4 is 8.37 Å². The molecule has 1 aromatic rings. The lowest BCUT2D eigenvalue weighted by molar-refractivity contribution is -0.144. The van der Waals surface area contributed by atoms with Gasteiger partial charge in [-0.25, -0.2) is 0 Å². The van der Waals surface area contributed by atoms with Crippen LogP contribution in [0.15, 0.2) is 12.1 Å². The molecule has 0 amide bonds. The third kappa shape index (κ3) is 7.70. The zero-order chi connectivity index (χ0) is 20.1. The van der Waals surface area contributed by atoms with E-state index in [1.165, 1.54) is 0 Å². The van der Waals surface area contributed by atoms with Crippen molar-refractivity contribution in [2.75, 3.05) is 12.5 Å². The summed E-state index contributed by atoms with van der Waals surface area (Å²) in [7, 11) is -7.88. The van der Waals surface area contributed by atoms with Crippen LogP contribution in [0.2, 0.25) is 0 Å². The van der Waals surface area contributed by atoms with E-state index in [0.717, 1.165) is 38.5 Å². The number of hydrogen-bond donors (Lipinski definition) is 0. The highest BCUT2D eigenvalue weighted by molar-refractivity contribution is 7.86. The molecular formula is C14H18O10S2. The molecule has 26 heavy (non-hydrogen) atoms. The van der Waals surface area contributed by atoms with Crippen LogP contribution in [0.5, 0.6) is 11.5 Å². The van der Waals surface area contributed by atoms with Gasteiger partial charge in [0.15, 0.2) is 0 Å². The molecule has 0 unspecified atom stereocenters. The lowest BCUT2D eigenvalue weighted by Gasteiger charge is -2.17. The van der Waals surface area contributed by atoms with E-state index in [4.69, 9.17) is 17.8 Å². The van der Waals surface area contributed by atoms with Gasteiger partial charge in [-0.1, -0.05) is 0 Å². The summed E-state index contributed by atoms with van der Waals surface area (Å²) < 4.78 is 65.1. The van der Waals surface area contributed by atoms with Crippen molar-refractivity contribution in [2.24, 2.45) is 0 Å². The van der Waals surface area contributed by atoms with Gasteiger partial charge in [-0.05, 0) is 12.1 Å². The number of ether oxygens (including phenoxy) is 2. The molecule has 0 aliphatic carbocycles. The van der Waals surface area contributed by atoms with Gasteiger partial charge < -0.3 is 17.8 Å². The van der Waals surface area contributed by atoms with Crippen LogP contribution in [0.4, 0.5) is 0 Å². The Hall–Kier alpha value is -2.34. The molecule has 0 saturated carbocycles. The number of carbonyl (C=O) groups excluding carboxylic acids is 2. The van der Waals surface area contributed by atoms with E-state index in [1.807, 2.05) is 0 Å². The molecule has 1 rings (SSSR count). The van der Waals surface area contributed by atoms with E-state index >= 15 is 0 Å². The first-order chi connectivity index (χ1) is 11.8.